The molecule has 0 aliphatic heterocycles. The third-order valence-corrected chi connectivity index (χ3v) is 12.1. The van der Waals surface area contributed by atoms with Gasteiger partial charge >= 0.3 is 17.9 Å². The smallest absolute Gasteiger partial charge is 0.306 e. The first-order chi connectivity index (χ1) is 31.5. The highest BCUT2D eigenvalue weighted by Gasteiger charge is 2.19. The number of hydrogen-bond donors (Lipinski definition) is 0. The number of ether oxygens (including phenoxy) is 3. The summed E-state index contributed by atoms with van der Waals surface area (Å²) in [7, 11) is 0. The Balaban J connectivity index is 4.37. The van der Waals surface area contributed by atoms with E-state index in [1.54, 1.807) is 0 Å². The first kappa shape index (κ1) is 61.4. The second kappa shape index (κ2) is 53.0. The lowest BCUT2D eigenvalue weighted by molar-refractivity contribution is -0.167. The summed E-state index contributed by atoms with van der Waals surface area (Å²) in [4.78, 5) is 38.0. The monoisotopic (exact) mass is 897 g/mol. The molecule has 0 aromatic rings. The van der Waals surface area contributed by atoms with Gasteiger partial charge < -0.3 is 14.2 Å². The van der Waals surface area contributed by atoms with Crippen LogP contribution in [0.5, 0.6) is 0 Å². The predicted octanol–water partition coefficient (Wildman–Crippen LogP) is 18.3. The molecule has 0 bridgehead atoms. The lowest BCUT2D eigenvalue weighted by Gasteiger charge is -2.18. The Bertz CT molecular complexity index is 1120. The zero-order chi connectivity index (χ0) is 46.5. The van der Waals surface area contributed by atoms with Crippen LogP contribution in [-0.4, -0.2) is 37.2 Å². The highest BCUT2D eigenvalue weighted by Crippen LogP contribution is 2.15. The van der Waals surface area contributed by atoms with Crippen LogP contribution < -0.4 is 0 Å². The standard InChI is InChI=1S/C58H104O6/c1-4-7-10-13-16-19-22-25-27-28-29-30-32-33-36-39-42-45-48-51-57(60)63-54-55(53-62-56(59)50-47-44-41-38-35-24-21-18-15-12-9-6-3)64-58(61)52-49-46-43-40-37-34-31-26-23-20-17-14-11-8-5-2/h16,19,25-27,29-31,55H,4-15,17-18,20-24,28,32-54H2,1-3H3/b19-16-,27-25-,30-29-,31-26-/t55-/m1/s1. The van der Waals surface area contributed by atoms with Gasteiger partial charge in [0, 0.05) is 19.3 Å². The zero-order valence-electron chi connectivity index (χ0n) is 42.6. The van der Waals surface area contributed by atoms with Crippen LogP contribution in [0.15, 0.2) is 48.6 Å². The van der Waals surface area contributed by atoms with Crippen molar-refractivity contribution in [3.05, 3.63) is 48.6 Å². The molecular weight excluding hydrogens is 793 g/mol. The van der Waals surface area contributed by atoms with Crippen LogP contribution in [0.1, 0.15) is 284 Å². The number of carbonyl (C=O) groups excluding carboxylic acids is 3. The molecule has 372 valence electrons. The lowest BCUT2D eigenvalue weighted by Crippen LogP contribution is -2.30. The fourth-order valence-corrected chi connectivity index (χ4v) is 7.86. The number of hydrogen-bond acceptors (Lipinski definition) is 6. The molecule has 0 aromatic heterocycles. The first-order valence-electron chi connectivity index (χ1n) is 27.6. The van der Waals surface area contributed by atoms with Crippen molar-refractivity contribution < 1.29 is 28.6 Å². The SMILES string of the molecule is CCCCC/C=C\C/C=C\C/C=C\CCCCCCCCC(=O)OC[C@@H](COC(=O)CCCCCCCCCCCCCC)OC(=O)CCCCCCC/C=C\CCCCCCCC. The maximum atomic E-state index is 12.8. The van der Waals surface area contributed by atoms with E-state index in [0.717, 1.165) is 89.9 Å². The number of esters is 3. The Morgan fingerprint density at radius 1 is 0.312 bits per heavy atom. The van der Waals surface area contributed by atoms with E-state index in [1.807, 2.05) is 0 Å². The quantitative estimate of drug-likeness (QED) is 0.0262. The summed E-state index contributed by atoms with van der Waals surface area (Å²) in [6.07, 6.45) is 63.7. The number of rotatable bonds is 50. The molecule has 0 N–H and O–H groups in total. The van der Waals surface area contributed by atoms with Crippen LogP contribution in [0.25, 0.3) is 0 Å². The third-order valence-electron chi connectivity index (χ3n) is 12.1. The normalized spacial score (nSPS) is 12.4. The van der Waals surface area contributed by atoms with Crippen molar-refractivity contribution in [1.82, 2.24) is 0 Å². The van der Waals surface area contributed by atoms with Crippen LogP contribution in [0.4, 0.5) is 0 Å². The van der Waals surface area contributed by atoms with Gasteiger partial charge in [-0.25, -0.2) is 0 Å². The molecule has 0 heterocycles. The van der Waals surface area contributed by atoms with Crippen LogP contribution in [0.3, 0.4) is 0 Å². The predicted molar refractivity (Wildman–Crippen MR) is 275 cm³/mol. The molecule has 0 saturated heterocycles. The van der Waals surface area contributed by atoms with E-state index in [4.69, 9.17) is 14.2 Å². The van der Waals surface area contributed by atoms with Gasteiger partial charge in [0.1, 0.15) is 13.2 Å². The van der Waals surface area contributed by atoms with Crippen LogP contribution in [0.2, 0.25) is 0 Å². The largest absolute Gasteiger partial charge is 0.462 e. The average Bonchev–Trinajstić information content (AvgIpc) is 3.29. The number of unbranched alkanes of at least 4 members (excludes halogenated alkanes) is 31. The molecular formula is C58H104O6. The Morgan fingerprint density at radius 2 is 0.562 bits per heavy atom. The minimum atomic E-state index is -0.780. The lowest BCUT2D eigenvalue weighted by atomic mass is 10.0. The first-order valence-corrected chi connectivity index (χ1v) is 27.6. The molecule has 0 spiro atoms. The fourth-order valence-electron chi connectivity index (χ4n) is 7.86. The summed E-state index contributed by atoms with van der Waals surface area (Å²) < 4.78 is 16.8. The van der Waals surface area contributed by atoms with Crippen molar-refractivity contribution in [2.75, 3.05) is 13.2 Å². The van der Waals surface area contributed by atoms with E-state index in [1.165, 1.54) is 154 Å². The van der Waals surface area contributed by atoms with Crippen molar-refractivity contribution in [3.8, 4) is 0 Å². The summed E-state index contributed by atoms with van der Waals surface area (Å²) in [5, 5.41) is 0. The van der Waals surface area contributed by atoms with Gasteiger partial charge in [0.05, 0.1) is 0 Å². The summed E-state index contributed by atoms with van der Waals surface area (Å²) in [6, 6.07) is 0. The Labute approximate surface area is 397 Å². The van der Waals surface area contributed by atoms with E-state index >= 15 is 0 Å². The minimum Gasteiger partial charge on any atom is -0.462 e. The maximum absolute atomic E-state index is 12.8. The molecule has 6 nitrogen and oxygen atoms in total. The van der Waals surface area contributed by atoms with Crippen LogP contribution in [-0.2, 0) is 28.6 Å². The van der Waals surface area contributed by atoms with Gasteiger partial charge in [0.25, 0.3) is 0 Å². The maximum Gasteiger partial charge on any atom is 0.306 e. The molecule has 0 unspecified atom stereocenters. The van der Waals surface area contributed by atoms with Crippen molar-refractivity contribution in [3.63, 3.8) is 0 Å². The van der Waals surface area contributed by atoms with E-state index in [0.29, 0.717) is 19.3 Å². The van der Waals surface area contributed by atoms with Gasteiger partial charge in [-0.05, 0) is 83.5 Å². The summed E-state index contributed by atoms with van der Waals surface area (Å²) >= 11 is 0. The molecule has 0 radical (unpaired) electrons. The summed E-state index contributed by atoms with van der Waals surface area (Å²) in [5.41, 5.74) is 0. The molecule has 1 atom stereocenters. The molecule has 0 aliphatic carbocycles. The van der Waals surface area contributed by atoms with E-state index < -0.39 is 6.10 Å². The van der Waals surface area contributed by atoms with Gasteiger partial charge in [-0.1, -0.05) is 230 Å². The van der Waals surface area contributed by atoms with E-state index in [9.17, 15) is 14.4 Å². The van der Waals surface area contributed by atoms with Gasteiger partial charge in [-0.15, -0.1) is 0 Å². The average molecular weight is 897 g/mol. The van der Waals surface area contributed by atoms with Crippen molar-refractivity contribution >= 4 is 17.9 Å². The molecule has 0 fully saturated rings. The molecule has 0 saturated carbocycles. The highest BCUT2D eigenvalue weighted by atomic mass is 16.6. The van der Waals surface area contributed by atoms with Gasteiger partial charge in [0.15, 0.2) is 6.10 Å². The molecule has 6 heteroatoms. The molecule has 64 heavy (non-hydrogen) atoms. The molecule has 0 amide bonds. The number of allylic oxidation sites excluding steroid dienone is 8. The third kappa shape index (κ3) is 50.4. The molecule has 0 aliphatic rings. The summed E-state index contributed by atoms with van der Waals surface area (Å²) in [5.74, 6) is -0.889. The number of carbonyl (C=O) groups is 3. The van der Waals surface area contributed by atoms with Gasteiger partial charge in [-0.3, -0.25) is 14.4 Å². The van der Waals surface area contributed by atoms with E-state index in [-0.39, 0.29) is 31.1 Å². The Morgan fingerprint density at radius 3 is 0.922 bits per heavy atom. The molecule has 0 rings (SSSR count). The topological polar surface area (TPSA) is 78.9 Å². The second-order valence-corrected chi connectivity index (χ2v) is 18.5. The van der Waals surface area contributed by atoms with Gasteiger partial charge in [-0.2, -0.15) is 0 Å². The Kier molecular flexibility index (Phi) is 50.8. The van der Waals surface area contributed by atoms with Crippen molar-refractivity contribution in [2.24, 2.45) is 0 Å². The minimum absolute atomic E-state index is 0.0781. The summed E-state index contributed by atoms with van der Waals surface area (Å²) in [6.45, 7) is 6.61. The molecule has 0 aromatic carbocycles. The second-order valence-electron chi connectivity index (χ2n) is 18.5. The van der Waals surface area contributed by atoms with Crippen LogP contribution >= 0.6 is 0 Å². The van der Waals surface area contributed by atoms with E-state index in [2.05, 4.69) is 69.4 Å². The Hall–Kier alpha value is -2.63. The van der Waals surface area contributed by atoms with Crippen LogP contribution in [0, 0.1) is 0 Å². The van der Waals surface area contributed by atoms with Crippen molar-refractivity contribution in [2.45, 2.75) is 290 Å². The van der Waals surface area contributed by atoms with Crippen molar-refractivity contribution in [1.29, 1.82) is 0 Å². The fraction of sp³-hybridized carbons (Fsp3) is 0.810. The van der Waals surface area contributed by atoms with Gasteiger partial charge in [0.2, 0.25) is 0 Å². The highest BCUT2D eigenvalue weighted by molar-refractivity contribution is 5.71. The zero-order valence-corrected chi connectivity index (χ0v) is 42.6.